The van der Waals surface area contributed by atoms with Gasteiger partial charge in [-0.05, 0) is 58.3 Å². The fourth-order valence-electron chi connectivity index (χ4n) is 3.68. The standard InChI is InChI=1S/C18H33NO3S/c1-18(2,3)23(21,22)14-16-9-11-19(12-10-16)17(20)13-15-7-5-4-6-8-15/h15-16H,4-14H2,1-3H3. The monoisotopic (exact) mass is 343 g/mol. The molecule has 1 heterocycles. The number of carbonyl (C=O) groups excluding carboxylic acids is 1. The predicted octanol–water partition coefficient (Wildman–Crippen LogP) is 3.41. The van der Waals surface area contributed by atoms with E-state index in [1.807, 2.05) is 4.90 Å². The van der Waals surface area contributed by atoms with Crippen LogP contribution in [0.1, 0.15) is 72.1 Å². The third-order valence-electron chi connectivity index (χ3n) is 5.54. The van der Waals surface area contributed by atoms with E-state index in [1.54, 1.807) is 20.8 Å². The summed E-state index contributed by atoms with van der Waals surface area (Å²) in [5.74, 6) is 1.34. The van der Waals surface area contributed by atoms with Crippen molar-refractivity contribution in [3.63, 3.8) is 0 Å². The zero-order chi connectivity index (χ0) is 17.1. The van der Waals surface area contributed by atoms with Crippen molar-refractivity contribution in [1.29, 1.82) is 0 Å². The summed E-state index contributed by atoms with van der Waals surface area (Å²) in [7, 11) is -3.06. The molecule has 0 radical (unpaired) electrons. The summed E-state index contributed by atoms with van der Waals surface area (Å²) in [6.07, 6.45) is 8.61. The van der Waals surface area contributed by atoms with E-state index in [4.69, 9.17) is 0 Å². The first-order valence-electron chi connectivity index (χ1n) is 9.19. The Balaban J connectivity index is 1.78. The number of hydrogen-bond acceptors (Lipinski definition) is 3. The number of amides is 1. The maximum Gasteiger partial charge on any atom is 0.222 e. The summed E-state index contributed by atoms with van der Waals surface area (Å²) in [4.78, 5) is 14.4. The number of piperidine rings is 1. The molecule has 0 aromatic carbocycles. The molecule has 1 aliphatic carbocycles. The van der Waals surface area contributed by atoms with Crippen LogP contribution in [0, 0.1) is 11.8 Å². The minimum Gasteiger partial charge on any atom is -0.343 e. The van der Waals surface area contributed by atoms with Gasteiger partial charge in [-0.2, -0.15) is 0 Å². The van der Waals surface area contributed by atoms with Gasteiger partial charge in [-0.25, -0.2) is 8.42 Å². The lowest BCUT2D eigenvalue weighted by Gasteiger charge is -2.34. The highest BCUT2D eigenvalue weighted by Gasteiger charge is 2.33. The molecule has 0 unspecified atom stereocenters. The summed E-state index contributed by atoms with van der Waals surface area (Å²) in [5.41, 5.74) is 0. The van der Waals surface area contributed by atoms with Crippen molar-refractivity contribution < 1.29 is 13.2 Å². The van der Waals surface area contributed by atoms with Crippen molar-refractivity contribution in [3.8, 4) is 0 Å². The Bertz CT molecular complexity index is 493. The smallest absolute Gasteiger partial charge is 0.222 e. The van der Waals surface area contributed by atoms with Gasteiger partial charge in [0.25, 0.3) is 0 Å². The van der Waals surface area contributed by atoms with Gasteiger partial charge in [0.05, 0.1) is 10.5 Å². The van der Waals surface area contributed by atoms with Crippen molar-refractivity contribution in [2.75, 3.05) is 18.8 Å². The minimum absolute atomic E-state index is 0.206. The second kappa shape index (κ2) is 7.54. The van der Waals surface area contributed by atoms with Crippen LogP contribution < -0.4 is 0 Å². The summed E-state index contributed by atoms with van der Waals surface area (Å²) >= 11 is 0. The molecular weight excluding hydrogens is 310 g/mol. The fraction of sp³-hybridized carbons (Fsp3) is 0.944. The van der Waals surface area contributed by atoms with Crippen molar-refractivity contribution in [3.05, 3.63) is 0 Å². The third-order valence-corrected chi connectivity index (χ3v) is 8.32. The molecule has 5 heteroatoms. The van der Waals surface area contributed by atoms with Gasteiger partial charge in [0.15, 0.2) is 9.84 Å². The van der Waals surface area contributed by atoms with Crippen LogP contribution in [-0.2, 0) is 14.6 Å². The molecule has 23 heavy (non-hydrogen) atoms. The maximum atomic E-state index is 12.4. The molecule has 2 aliphatic rings. The van der Waals surface area contributed by atoms with Crippen LogP contribution in [0.15, 0.2) is 0 Å². The molecule has 1 saturated heterocycles. The molecule has 0 N–H and O–H groups in total. The summed E-state index contributed by atoms with van der Waals surface area (Å²) in [5, 5.41) is 0. The molecule has 0 spiro atoms. The average molecular weight is 344 g/mol. The molecule has 2 rings (SSSR count). The third kappa shape index (κ3) is 5.20. The van der Waals surface area contributed by atoms with E-state index in [2.05, 4.69) is 0 Å². The Morgan fingerprint density at radius 1 is 0.957 bits per heavy atom. The predicted molar refractivity (Wildman–Crippen MR) is 94.0 cm³/mol. The van der Waals surface area contributed by atoms with Gasteiger partial charge < -0.3 is 4.90 Å². The van der Waals surface area contributed by atoms with Crippen molar-refractivity contribution >= 4 is 15.7 Å². The largest absolute Gasteiger partial charge is 0.343 e. The molecule has 0 atom stereocenters. The average Bonchev–Trinajstić information content (AvgIpc) is 2.47. The van der Waals surface area contributed by atoms with E-state index in [-0.39, 0.29) is 17.6 Å². The Morgan fingerprint density at radius 3 is 2.04 bits per heavy atom. The van der Waals surface area contributed by atoms with E-state index in [9.17, 15) is 13.2 Å². The number of sulfone groups is 1. The molecule has 0 bridgehead atoms. The Morgan fingerprint density at radius 2 is 1.52 bits per heavy atom. The molecule has 134 valence electrons. The SMILES string of the molecule is CC(C)(C)S(=O)(=O)CC1CCN(C(=O)CC2CCCCC2)CC1. The van der Waals surface area contributed by atoms with Gasteiger partial charge in [-0.3, -0.25) is 4.79 Å². The van der Waals surface area contributed by atoms with E-state index in [0.717, 1.165) is 25.9 Å². The first-order chi connectivity index (χ1) is 10.7. The van der Waals surface area contributed by atoms with E-state index < -0.39 is 14.6 Å². The molecule has 4 nitrogen and oxygen atoms in total. The number of likely N-dealkylation sites (tertiary alicyclic amines) is 1. The lowest BCUT2D eigenvalue weighted by atomic mass is 9.86. The summed E-state index contributed by atoms with van der Waals surface area (Å²) < 4.78 is 24.0. The van der Waals surface area contributed by atoms with Crippen LogP contribution in [0.25, 0.3) is 0 Å². The van der Waals surface area contributed by atoms with Gasteiger partial charge >= 0.3 is 0 Å². The van der Waals surface area contributed by atoms with E-state index in [0.29, 0.717) is 12.3 Å². The molecular formula is C18H33NO3S. The fourth-order valence-corrected chi connectivity index (χ4v) is 5.13. The molecule has 1 amide bonds. The first-order valence-corrected chi connectivity index (χ1v) is 10.8. The Labute approximate surface area is 141 Å². The van der Waals surface area contributed by atoms with Gasteiger partial charge in [0, 0.05) is 19.5 Å². The van der Waals surface area contributed by atoms with Gasteiger partial charge in [0.2, 0.25) is 5.91 Å². The van der Waals surface area contributed by atoms with Gasteiger partial charge in [0.1, 0.15) is 0 Å². The van der Waals surface area contributed by atoms with Crippen molar-refractivity contribution in [1.82, 2.24) is 4.90 Å². The maximum absolute atomic E-state index is 12.4. The van der Waals surface area contributed by atoms with Gasteiger partial charge in [-0.15, -0.1) is 0 Å². The lowest BCUT2D eigenvalue weighted by molar-refractivity contribution is -0.133. The highest BCUT2D eigenvalue weighted by molar-refractivity contribution is 7.92. The number of hydrogen-bond donors (Lipinski definition) is 0. The van der Waals surface area contributed by atoms with Crippen LogP contribution in [0.3, 0.4) is 0 Å². The zero-order valence-electron chi connectivity index (χ0n) is 15.0. The molecule has 2 fully saturated rings. The molecule has 0 aromatic heterocycles. The minimum atomic E-state index is -3.06. The quantitative estimate of drug-likeness (QED) is 0.786. The molecule has 0 aromatic rings. The van der Waals surface area contributed by atoms with Crippen LogP contribution in [0.5, 0.6) is 0 Å². The Hall–Kier alpha value is -0.580. The second-order valence-corrected chi connectivity index (χ2v) is 11.2. The van der Waals surface area contributed by atoms with E-state index >= 15 is 0 Å². The number of carbonyl (C=O) groups is 1. The molecule has 1 saturated carbocycles. The highest BCUT2D eigenvalue weighted by atomic mass is 32.2. The van der Waals surface area contributed by atoms with Crippen LogP contribution >= 0.6 is 0 Å². The number of rotatable bonds is 4. The lowest BCUT2D eigenvalue weighted by Crippen LogP contribution is -2.42. The zero-order valence-corrected chi connectivity index (χ0v) is 15.8. The van der Waals surface area contributed by atoms with Crippen LogP contribution in [0.2, 0.25) is 0 Å². The van der Waals surface area contributed by atoms with Crippen molar-refractivity contribution in [2.24, 2.45) is 11.8 Å². The summed E-state index contributed by atoms with van der Waals surface area (Å²) in [6.45, 7) is 6.77. The highest BCUT2D eigenvalue weighted by Crippen LogP contribution is 2.29. The first kappa shape index (κ1) is 18.8. The van der Waals surface area contributed by atoms with Crippen molar-refractivity contribution in [2.45, 2.75) is 76.9 Å². The van der Waals surface area contributed by atoms with Crippen LogP contribution in [-0.4, -0.2) is 42.8 Å². The summed E-state index contributed by atoms with van der Waals surface area (Å²) in [6, 6.07) is 0. The topological polar surface area (TPSA) is 54.5 Å². The Kier molecular flexibility index (Phi) is 6.15. The van der Waals surface area contributed by atoms with Crippen LogP contribution in [0.4, 0.5) is 0 Å². The van der Waals surface area contributed by atoms with E-state index in [1.165, 1.54) is 32.1 Å². The normalized spacial score (nSPS) is 22.3. The number of nitrogens with zero attached hydrogens (tertiary/aromatic N) is 1. The van der Waals surface area contributed by atoms with Gasteiger partial charge in [-0.1, -0.05) is 19.3 Å². The second-order valence-electron chi connectivity index (χ2n) is 8.43. The molecule has 1 aliphatic heterocycles.